The second kappa shape index (κ2) is 7.96. The molecule has 0 aliphatic carbocycles. The number of halogens is 2. The van der Waals surface area contributed by atoms with Crippen molar-refractivity contribution in [3.63, 3.8) is 0 Å². The number of benzene rings is 1. The van der Waals surface area contributed by atoms with Gasteiger partial charge in [-0.2, -0.15) is 0 Å². The number of thiophene rings is 1. The third-order valence-electron chi connectivity index (χ3n) is 3.07. The molecule has 6 heteroatoms. The fourth-order valence-corrected chi connectivity index (χ4v) is 3.68. The van der Waals surface area contributed by atoms with E-state index in [0.29, 0.717) is 23.0 Å². The Bertz CT molecular complexity index is 880. The number of hydrogen-bond acceptors (Lipinski definition) is 4. The number of ether oxygens (including phenoxy) is 1. The summed E-state index contributed by atoms with van der Waals surface area (Å²) in [5, 5.41) is 1.88. The molecule has 0 amide bonds. The molecule has 0 N–H and O–H groups in total. The van der Waals surface area contributed by atoms with Crippen LogP contribution in [0.3, 0.4) is 0 Å². The van der Waals surface area contributed by atoms with Crippen molar-refractivity contribution >= 4 is 55.1 Å². The van der Waals surface area contributed by atoms with Gasteiger partial charge in [0.25, 0.3) is 0 Å². The van der Waals surface area contributed by atoms with Crippen molar-refractivity contribution in [2.24, 2.45) is 0 Å². The Balaban J connectivity index is 1.59. The highest BCUT2D eigenvalue weighted by Gasteiger charge is 2.06. The van der Waals surface area contributed by atoms with Crippen molar-refractivity contribution in [2.75, 3.05) is 0 Å². The first-order valence-corrected chi connectivity index (χ1v) is 9.50. The molecule has 122 valence electrons. The number of carbonyl (C=O) groups excluding carboxylic acids is 1. The average molecular weight is 468 g/mol. The second-order valence-corrected chi connectivity index (χ2v) is 7.62. The summed E-state index contributed by atoms with van der Waals surface area (Å²) in [6, 6.07) is 13.1. The molecule has 0 radical (unpaired) electrons. The van der Waals surface area contributed by atoms with Crippen molar-refractivity contribution in [3.8, 4) is 5.75 Å². The molecule has 3 aromatic rings. The lowest BCUT2D eigenvalue weighted by Crippen LogP contribution is -1.93. The fourth-order valence-electron chi connectivity index (χ4n) is 1.96. The molecule has 0 bridgehead atoms. The summed E-state index contributed by atoms with van der Waals surface area (Å²) in [5.41, 5.74) is 0. The molecule has 3 nitrogen and oxygen atoms in total. The van der Waals surface area contributed by atoms with Gasteiger partial charge in [-0.25, -0.2) is 0 Å². The van der Waals surface area contributed by atoms with Gasteiger partial charge in [-0.3, -0.25) is 4.79 Å². The minimum absolute atomic E-state index is 0.0472. The predicted octanol–water partition coefficient (Wildman–Crippen LogP) is 6.34. The Kier molecular flexibility index (Phi) is 5.71. The van der Waals surface area contributed by atoms with Crippen molar-refractivity contribution < 1.29 is 13.9 Å². The minimum atomic E-state index is -0.0472. The van der Waals surface area contributed by atoms with Gasteiger partial charge >= 0.3 is 0 Å². The van der Waals surface area contributed by atoms with Gasteiger partial charge in [0.05, 0.1) is 4.88 Å². The molecule has 1 aromatic carbocycles. The predicted molar refractivity (Wildman–Crippen MR) is 103 cm³/mol. The van der Waals surface area contributed by atoms with E-state index in [1.165, 1.54) is 17.4 Å². The van der Waals surface area contributed by atoms with Gasteiger partial charge in [0, 0.05) is 14.3 Å². The van der Waals surface area contributed by atoms with Crippen LogP contribution in [0.4, 0.5) is 0 Å². The first kappa shape index (κ1) is 17.2. The van der Waals surface area contributed by atoms with Crippen LogP contribution in [0.1, 0.15) is 21.2 Å². The topological polar surface area (TPSA) is 39.4 Å². The monoisotopic (exact) mass is 466 g/mol. The van der Waals surface area contributed by atoms with Gasteiger partial charge < -0.3 is 9.15 Å². The van der Waals surface area contributed by atoms with Gasteiger partial charge in [-0.05, 0) is 64.5 Å². The van der Waals surface area contributed by atoms with Crippen molar-refractivity contribution in [1.29, 1.82) is 0 Å². The molecule has 0 fully saturated rings. The maximum atomic E-state index is 12.0. The SMILES string of the molecule is O=C(/C=C/c1ccc(COc2cccc(Br)c2)o1)c1cc(Br)cs1. The summed E-state index contributed by atoms with van der Waals surface area (Å²) in [5.74, 6) is 2.03. The lowest BCUT2D eigenvalue weighted by Gasteiger charge is -2.03. The Morgan fingerprint density at radius 2 is 2.04 bits per heavy atom. The van der Waals surface area contributed by atoms with Crippen LogP contribution in [0, 0.1) is 0 Å². The van der Waals surface area contributed by atoms with Gasteiger partial charge in [0.2, 0.25) is 0 Å². The Morgan fingerprint density at radius 3 is 2.79 bits per heavy atom. The molecule has 0 saturated carbocycles. The van der Waals surface area contributed by atoms with E-state index in [9.17, 15) is 4.79 Å². The lowest BCUT2D eigenvalue weighted by molar-refractivity contribution is 0.105. The lowest BCUT2D eigenvalue weighted by atomic mass is 10.3. The Labute approximate surface area is 160 Å². The summed E-state index contributed by atoms with van der Waals surface area (Å²) >= 11 is 8.14. The largest absolute Gasteiger partial charge is 0.486 e. The zero-order chi connectivity index (χ0) is 16.9. The molecule has 24 heavy (non-hydrogen) atoms. The molecule has 0 unspecified atom stereocenters. The van der Waals surface area contributed by atoms with Crippen LogP contribution >= 0.6 is 43.2 Å². The van der Waals surface area contributed by atoms with Gasteiger partial charge in [0.1, 0.15) is 23.9 Å². The van der Waals surface area contributed by atoms with Gasteiger partial charge in [0.15, 0.2) is 5.78 Å². The van der Waals surface area contributed by atoms with Crippen molar-refractivity contribution in [2.45, 2.75) is 6.61 Å². The summed E-state index contributed by atoms with van der Waals surface area (Å²) < 4.78 is 13.2. The standard InChI is InChI=1S/C18H12Br2O3S/c19-12-2-1-3-15(8-12)22-10-16-5-4-14(23-16)6-7-17(21)18-9-13(20)11-24-18/h1-9,11H,10H2/b7-6+. The smallest absolute Gasteiger partial charge is 0.195 e. The Hall–Kier alpha value is -1.63. The van der Waals surface area contributed by atoms with Gasteiger partial charge in [-0.15, -0.1) is 11.3 Å². The molecular formula is C18H12Br2O3S. The van der Waals surface area contributed by atoms with E-state index in [1.54, 1.807) is 12.1 Å². The van der Waals surface area contributed by atoms with Crippen LogP contribution in [0.25, 0.3) is 6.08 Å². The number of rotatable bonds is 6. The van der Waals surface area contributed by atoms with Crippen LogP contribution in [0.2, 0.25) is 0 Å². The zero-order valence-corrected chi connectivity index (χ0v) is 16.4. The molecular weight excluding hydrogens is 456 g/mol. The van der Waals surface area contributed by atoms with Crippen molar-refractivity contribution in [1.82, 2.24) is 0 Å². The summed E-state index contributed by atoms with van der Waals surface area (Å²) in [6.45, 7) is 0.329. The Morgan fingerprint density at radius 1 is 1.17 bits per heavy atom. The van der Waals surface area contributed by atoms with E-state index in [4.69, 9.17) is 9.15 Å². The number of ketones is 1. The van der Waals surface area contributed by atoms with E-state index in [1.807, 2.05) is 41.8 Å². The van der Waals surface area contributed by atoms with E-state index in [-0.39, 0.29) is 5.78 Å². The molecule has 0 saturated heterocycles. The quantitative estimate of drug-likeness (QED) is 0.313. The van der Waals surface area contributed by atoms with Crippen LogP contribution in [0.15, 0.2) is 67.3 Å². The minimum Gasteiger partial charge on any atom is -0.486 e. The second-order valence-electron chi connectivity index (χ2n) is 4.88. The highest BCUT2D eigenvalue weighted by molar-refractivity contribution is 9.10. The van der Waals surface area contributed by atoms with Crippen LogP contribution in [-0.2, 0) is 6.61 Å². The van der Waals surface area contributed by atoms with E-state index in [2.05, 4.69) is 31.9 Å². The fraction of sp³-hybridized carbons (Fsp3) is 0.0556. The highest BCUT2D eigenvalue weighted by atomic mass is 79.9. The van der Waals surface area contributed by atoms with E-state index >= 15 is 0 Å². The van der Waals surface area contributed by atoms with Crippen molar-refractivity contribution in [3.05, 3.63) is 79.3 Å². The molecule has 2 heterocycles. The van der Waals surface area contributed by atoms with E-state index in [0.717, 1.165) is 14.7 Å². The van der Waals surface area contributed by atoms with E-state index < -0.39 is 0 Å². The van der Waals surface area contributed by atoms with Gasteiger partial charge in [-0.1, -0.05) is 22.0 Å². The number of carbonyl (C=O) groups is 1. The van der Waals surface area contributed by atoms with Crippen LogP contribution in [0.5, 0.6) is 5.75 Å². The zero-order valence-electron chi connectivity index (χ0n) is 12.4. The first-order chi connectivity index (χ1) is 11.6. The molecule has 0 aliphatic heterocycles. The molecule has 0 atom stereocenters. The third kappa shape index (κ3) is 4.69. The van der Waals surface area contributed by atoms with Crippen LogP contribution in [-0.4, -0.2) is 5.78 Å². The average Bonchev–Trinajstić information content (AvgIpc) is 3.20. The summed E-state index contributed by atoms with van der Waals surface area (Å²) in [7, 11) is 0. The third-order valence-corrected chi connectivity index (χ3v) is 5.27. The normalized spacial score (nSPS) is 11.1. The summed E-state index contributed by atoms with van der Waals surface area (Å²) in [6.07, 6.45) is 3.18. The number of hydrogen-bond donors (Lipinski definition) is 0. The summed E-state index contributed by atoms with van der Waals surface area (Å²) in [4.78, 5) is 12.7. The molecule has 3 rings (SSSR count). The van der Waals surface area contributed by atoms with Crippen LogP contribution < -0.4 is 4.74 Å². The highest BCUT2D eigenvalue weighted by Crippen LogP contribution is 2.22. The maximum Gasteiger partial charge on any atom is 0.195 e. The molecule has 0 spiro atoms. The molecule has 2 aromatic heterocycles. The number of allylic oxidation sites excluding steroid dienone is 1. The maximum absolute atomic E-state index is 12.0. The number of furan rings is 1. The first-order valence-electron chi connectivity index (χ1n) is 7.04. The molecule has 0 aliphatic rings.